The lowest BCUT2D eigenvalue weighted by Gasteiger charge is -2.23. The minimum atomic E-state index is -0.756. The minimum Gasteiger partial charge on any atom is -0.497 e. The first-order valence-corrected chi connectivity index (χ1v) is 6.48. The molecule has 0 aliphatic heterocycles. The van der Waals surface area contributed by atoms with Crippen molar-refractivity contribution in [3.05, 3.63) is 65.7 Å². The molecule has 0 fully saturated rings. The molecule has 0 aliphatic carbocycles. The SMILES string of the molecule is COc1cccc(CC(C)(O)Cc2ccccc2)c1. The highest BCUT2D eigenvalue weighted by Gasteiger charge is 2.21. The fourth-order valence-electron chi connectivity index (χ4n) is 2.32. The second kappa shape index (κ2) is 5.89. The van der Waals surface area contributed by atoms with Crippen LogP contribution in [0.5, 0.6) is 5.75 Å². The quantitative estimate of drug-likeness (QED) is 0.890. The maximum absolute atomic E-state index is 10.5. The molecule has 0 spiro atoms. The van der Waals surface area contributed by atoms with Crippen molar-refractivity contribution in [3.63, 3.8) is 0 Å². The number of hydrogen-bond donors (Lipinski definition) is 1. The largest absolute Gasteiger partial charge is 0.497 e. The number of rotatable bonds is 5. The Labute approximate surface area is 114 Å². The van der Waals surface area contributed by atoms with E-state index in [4.69, 9.17) is 4.74 Å². The Bertz CT molecular complexity index is 518. The van der Waals surface area contributed by atoms with Gasteiger partial charge in [0.15, 0.2) is 0 Å². The second-order valence-corrected chi connectivity index (χ2v) is 5.19. The molecule has 2 rings (SSSR count). The van der Waals surface area contributed by atoms with Crippen molar-refractivity contribution < 1.29 is 9.84 Å². The van der Waals surface area contributed by atoms with Crippen LogP contribution in [-0.4, -0.2) is 17.8 Å². The maximum Gasteiger partial charge on any atom is 0.119 e. The number of aliphatic hydroxyl groups is 1. The first-order chi connectivity index (χ1) is 9.09. The summed E-state index contributed by atoms with van der Waals surface area (Å²) in [5.41, 5.74) is 1.48. The summed E-state index contributed by atoms with van der Waals surface area (Å²) in [6.45, 7) is 1.87. The molecule has 2 nitrogen and oxygen atoms in total. The van der Waals surface area contributed by atoms with Crippen molar-refractivity contribution in [2.45, 2.75) is 25.4 Å². The van der Waals surface area contributed by atoms with Gasteiger partial charge >= 0.3 is 0 Å². The van der Waals surface area contributed by atoms with Gasteiger partial charge in [-0.3, -0.25) is 0 Å². The Balaban J connectivity index is 2.07. The smallest absolute Gasteiger partial charge is 0.119 e. The number of methoxy groups -OCH3 is 1. The molecular weight excluding hydrogens is 236 g/mol. The molecule has 2 aromatic carbocycles. The molecule has 0 bridgehead atoms. The van der Waals surface area contributed by atoms with E-state index in [9.17, 15) is 5.11 Å². The molecule has 0 heterocycles. The van der Waals surface area contributed by atoms with Gasteiger partial charge in [0.25, 0.3) is 0 Å². The van der Waals surface area contributed by atoms with Gasteiger partial charge in [-0.05, 0) is 30.2 Å². The third kappa shape index (κ3) is 4.11. The van der Waals surface area contributed by atoms with Gasteiger partial charge in [0, 0.05) is 12.8 Å². The van der Waals surface area contributed by atoms with E-state index in [0.717, 1.165) is 16.9 Å². The van der Waals surface area contributed by atoms with Gasteiger partial charge in [0.05, 0.1) is 12.7 Å². The van der Waals surface area contributed by atoms with Crippen LogP contribution in [0.2, 0.25) is 0 Å². The molecule has 0 saturated carbocycles. The van der Waals surface area contributed by atoms with E-state index < -0.39 is 5.60 Å². The van der Waals surface area contributed by atoms with E-state index >= 15 is 0 Å². The van der Waals surface area contributed by atoms with Gasteiger partial charge in [0.2, 0.25) is 0 Å². The summed E-state index contributed by atoms with van der Waals surface area (Å²) in [6, 6.07) is 17.9. The molecule has 100 valence electrons. The molecule has 2 aromatic rings. The van der Waals surface area contributed by atoms with Crippen LogP contribution in [0.4, 0.5) is 0 Å². The molecule has 19 heavy (non-hydrogen) atoms. The molecule has 1 N–H and O–H groups in total. The van der Waals surface area contributed by atoms with Gasteiger partial charge in [-0.1, -0.05) is 42.5 Å². The molecule has 1 unspecified atom stereocenters. The highest BCUT2D eigenvalue weighted by molar-refractivity contribution is 5.29. The van der Waals surface area contributed by atoms with E-state index in [1.165, 1.54) is 0 Å². The number of benzene rings is 2. The molecule has 0 aliphatic rings. The van der Waals surface area contributed by atoms with Crippen LogP contribution in [0.15, 0.2) is 54.6 Å². The van der Waals surface area contributed by atoms with Crippen molar-refractivity contribution in [1.82, 2.24) is 0 Å². The summed E-state index contributed by atoms with van der Waals surface area (Å²) in [7, 11) is 1.65. The van der Waals surface area contributed by atoms with E-state index in [1.54, 1.807) is 7.11 Å². The van der Waals surface area contributed by atoms with E-state index in [0.29, 0.717) is 12.8 Å². The average molecular weight is 256 g/mol. The molecule has 0 radical (unpaired) electrons. The minimum absolute atomic E-state index is 0.610. The van der Waals surface area contributed by atoms with Crippen LogP contribution in [-0.2, 0) is 12.8 Å². The Hall–Kier alpha value is -1.80. The Kier molecular flexibility index (Phi) is 4.23. The topological polar surface area (TPSA) is 29.5 Å². The van der Waals surface area contributed by atoms with Crippen molar-refractivity contribution >= 4 is 0 Å². The van der Waals surface area contributed by atoms with Crippen LogP contribution in [0, 0.1) is 0 Å². The van der Waals surface area contributed by atoms with Gasteiger partial charge in [0.1, 0.15) is 5.75 Å². The van der Waals surface area contributed by atoms with Crippen molar-refractivity contribution in [1.29, 1.82) is 0 Å². The average Bonchev–Trinajstić information content (AvgIpc) is 2.39. The lowest BCUT2D eigenvalue weighted by Crippen LogP contribution is -2.30. The number of ether oxygens (including phenoxy) is 1. The molecule has 2 heteroatoms. The van der Waals surface area contributed by atoms with Crippen LogP contribution < -0.4 is 4.74 Å². The Morgan fingerprint density at radius 3 is 2.26 bits per heavy atom. The first kappa shape index (κ1) is 13.6. The van der Waals surface area contributed by atoms with Crippen molar-refractivity contribution in [3.8, 4) is 5.75 Å². The van der Waals surface area contributed by atoms with Crippen LogP contribution in [0.1, 0.15) is 18.1 Å². The predicted molar refractivity (Wildman–Crippen MR) is 77.5 cm³/mol. The zero-order valence-corrected chi connectivity index (χ0v) is 11.5. The van der Waals surface area contributed by atoms with Gasteiger partial charge in [-0.15, -0.1) is 0 Å². The molecular formula is C17H20O2. The summed E-state index contributed by atoms with van der Waals surface area (Å²) < 4.78 is 5.21. The Morgan fingerprint density at radius 2 is 1.58 bits per heavy atom. The maximum atomic E-state index is 10.5. The monoisotopic (exact) mass is 256 g/mol. The molecule has 0 aromatic heterocycles. The fourth-order valence-corrected chi connectivity index (χ4v) is 2.32. The van der Waals surface area contributed by atoms with E-state index in [-0.39, 0.29) is 0 Å². The van der Waals surface area contributed by atoms with Crippen LogP contribution in [0.3, 0.4) is 0 Å². The third-order valence-corrected chi connectivity index (χ3v) is 3.15. The van der Waals surface area contributed by atoms with Crippen LogP contribution >= 0.6 is 0 Å². The molecule has 0 amide bonds. The summed E-state index contributed by atoms with van der Waals surface area (Å²) in [5, 5.41) is 10.5. The lowest BCUT2D eigenvalue weighted by molar-refractivity contribution is 0.0608. The Morgan fingerprint density at radius 1 is 0.947 bits per heavy atom. The second-order valence-electron chi connectivity index (χ2n) is 5.19. The zero-order valence-electron chi connectivity index (χ0n) is 11.5. The third-order valence-electron chi connectivity index (χ3n) is 3.15. The standard InChI is InChI=1S/C17H20O2/c1-17(18,12-14-7-4-3-5-8-14)13-15-9-6-10-16(11-15)19-2/h3-11,18H,12-13H2,1-2H3. The predicted octanol–water partition coefficient (Wildman–Crippen LogP) is 3.23. The van der Waals surface area contributed by atoms with Crippen molar-refractivity contribution in [2.24, 2.45) is 0 Å². The molecule has 0 saturated heterocycles. The normalized spacial score (nSPS) is 13.8. The van der Waals surface area contributed by atoms with E-state index in [1.807, 2.05) is 61.5 Å². The summed E-state index contributed by atoms with van der Waals surface area (Å²) in [6.07, 6.45) is 1.25. The van der Waals surface area contributed by atoms with E-state index in [2.05, 4.69) is 0 Å². The summed E-state index contributed by atoms with van der Waals surface area (Å²) >= 11 is 0. The van der Waals surface area contributed by atoms with Crippen LogP contribution in [0.25, 0.3) is 0 Å². The highest BCUT2D eigenvalue weighted by Crippen LogP contribution is 2.21. The first-order valence-electron chi connectivity index (χ1n) is 6.48. The molecule has 1 atom stereocenters. The van der Waals surface area contributed by atoms with Crippen molar-refractivity contribution in [2.75, 3.05) is 7.11 Å². The number of hydrogen-bond acceptors (Lipinski definition) is 2. The summed E-state index contributed by atoms with van der Waals surface area (Å²) in [5.74, 6) is 0.827. The lowest BCUT2D eigenvalue weighted by atomic mass is 9.90. The van der Waals surface area contributed by atoms with Gasteiger partial charge in [-0.2, -0.15) is 0 Å². The highest BCUT2D eigenvalue weighted by atomic mass is 16.5. The fraction of sp³-hybridized carbons (Fsp3) is 0.294. The van der Waals surface area contributed by atoms with Gasteiger partial charge < -0.3 is 9.84 Å². The van der Waals surface area contributed by atoms with Gasteiger partial charge in [-0.25, -0.2) is 0 Å². The zero-order chi connectivity index (χ0) is 13.7. The summed E-state index contributed by atoms with van der Waals surface area (Å²) in [4.78, 5) is 0.